The molecule has 2 aromatic carbocycles. The number of hydrogen-bond acceptors (Lipinski definition) is 6. The maximum Gasteiger partial charge on any atom is 0.354 e. The number of hydrogen-bond donors (Lipinski definition) is 1. The Labute approximate surface area is 216 Å². The van der Waals surface area contributed by atoms with E-state index in [2.05, 4.69) is 70.8 Å². The SMILES string of the molecule is C=CC(=O)N1CCN(c2cc(C(=O)O)nc3c2CCN(c2cccc4cccc(C)c24)C3)C[C@@H]1CC#N. The Morgan fingerprint density at radius 1 is 1.16 bits per heavy atom. The number of anilines is 2. The largest absolute Gasteiger partial charge is 0.477 e. The zero-order valence-electron chi connectivity index (χ0n) is 20.9. The second-order valence-electron chi connectivity index (χ2n) is 9.58. The molecule has 0 unspecified atom stereocenters. The minimum atomic E-state index is -1.07. The lowest BCUT2D eigenvalue weighted by atomic mass is 9.97. The average Bonchev–Trinajstić information content (AvgIpc) is 2.91. The molecule has 0 saturated carbocycles. The van der Waals surface area contributed by atoms with E-state index in [9.17, 15) is 20.0 Å². The molecule has 1 aromatic heterocycles. The minimum absolute atomic E-state index is 0.00568. The van der Waals surface area contributed by atoms with Gasteiger partial charge in [-0.1, -0.05) is 36.9 Å². The number of nitrogens with zero attached hydrogens (tertiary/aromatic N) is 5. The summed E-state index contributed by atoms with van der Waals surface area (Å²) in [5.41, 5.74) is 4.96. The number of aromatic nitrogens is 1. The number of amides is 1. The van der Waals surface area contributed by atoms with Gasteiger partial charge < -0.3 is 19.8 Å². The van der Waals surface area contributed by atoms with E-state index in [1.165, 1.54) is 22.4 Å². The van der Waals surface area contributed by atoms with E-state index in [0.29, 0.717) is 32.6 Å². The third kappa shape index (κ3) is 4.49. The fourth-order valence-corrected chi connectivity index (χ4v) is 5.65. The summed E-state index contributed by atoms with van der Waals surface area (Å²) < 4.78 is 0. The second-order valence-corrected chi connectivity index (χ2v) is 9.58. The number of aryl methyl sites for hydroxylation is 1. The van der Waals surface area contributed by atoms with Crippen molar-refractivity contribution in [2.45, 2.75) is 32.4 Å². The lowest BCUT2D eigenvalue weighted by Crippen LogP contribution is -2.55. The summed E-state index contributed by atoms with van der Waals surface area (Å²) in [6.07, 6.45) is 2.19. The first-order valence-electron chi connectivity index (χ1n) is 12.5. The van der Waals surface area contributed by atoms with Crippen molar-refractivity contribution in [2.75, 3.05) is 36.0 Å². The van der Waals surface area contributed by atoms with Crippen molar-refractivity contribution in [1.82, 2.24) is 9.88 Å². The van der Waals surface area contributed by atoms with Crippen molar-refractivity contribution in [3.05, 3.63) is 77.6 Å². The molecule has 5 rings (SSSR count). The van der Waals surface area contributed by atoms with Crippen LogP contribution in [0, 0.1) is 18.3 Å². The standard InChI is InChI=1S/C29H29N5O3/c1-3-27(35)34-15-14-33(17-21(34)10-12-30)26-16-23(29(36)37)31-24-18-32(13-11-22(24)26)25-9-5-8-20-7-4-6-19(2)28(20)25/h3-9,16,21H,1,10-11,13-15,17-18H2,2H3,(H,36,37)/t21-/m0/s1. The van der Waals surface area contributed by atoms with Crippen molar-refractivity contribution in [3.63, 3.8) is 0 Å². The van der Waals surface area contributed by atoms with E-state index in [4.69, 9.17) is 0 Å². The Bertz CT molecular complexity index is 1440. The summed E-state index contributed by atoms with van der Waals surface area (Å²) in [5, 5.41) is 21.6. The molecule has 8 nitrogen and oxygen atoms in total. The third-order valence-corrected chi connectivity index (χ3v) is 7.42. The first-order valence-corrected chi connectivity index (χ1v) is 12.5. The van der Waals surface area contributed by atoms with E-state index in [1.54, 1.807) is 11.0 Å². The molecule has 2 aliphatic heterocycles. The van der Waals surface area contributed by atoms with Crippen molar-refractivity contribution in [1.29, 1.82) is 5.26 Å². The van der Waals surface area contributed by atoms with Gasteiger partial charge in [-0.15, -0.1) is 0 Å². The molecule has 1 atom stereocenters. The lowest BCUT2D eigenvalue weighted by molar-refractivity contribution is -0.128. The van der Waals surface area contributed by atoms with Gasteiger partial charge in [-0.05, 0) is 42.5 Å². The lowest BCUT2D eigenvalue weighted by Gasteiger charge is -2.43. The number of carbonyl (C=O) groups excluding carboxylic acids is 1. The molecule has 0 bridgehead atoms. The second kappa shape index (κ2) is 9.94. The molecule has 0 radical (unpaired) electrons. The van der Waals surface area contributed by atoms with Crippen LogP contribution < -0.4 is 9.80 Å². The van der Waals surface area contributed by atoms with E-state index in [0.717, 1.165) is 29.2 Å². The van der Waals surface area contributed by atoms with Gasteiger partial charge in [0.1, 0.15) is 0 Å². The molecule has 1 saturated heterocycles. The highest BCUT2D eigenvalue weighted by atomic mass is 16.4. The van der Waals surface area contributed by atoms with Gasteiger partial charge in [0.15, 0.2) is 5.69 Å². The number of carbonyl (C=O) groups is 2. The van der Waals surface area contributed by atoms with Crippen LogP contribution in [0.4, 0.5) is 11.4 Å². The Hall–Kier alpha value is -4.38. The summed E-state index contributed by atoms with van der Waals surface area (Å²) in [4.78, 5) is 35.0. The highest BCUT2D eigenvalue weighted by Crippen LogP contribution is 2.36. The van der Waals surface area contributed by atoms with Crippen LogP contribution in [-0.4, -0.2) is 59.1 Å². The van der Waals surface area contributed by atoms with Crippen LogP contribution in [0.5, 0.6) is 0 Å². The fraction of sp³-hybridized carbons (Fsp3) is 0.310. The van der Waals surface area contributed by atoms with Gasteiger partial charge in [0.05, 0.1) is 30.8 Å². The summed E-state index contributed by atoms with van der Waals surface area (Å²) in [7, 11) is 0. The molecular weight excluding hydrogens is 466 g/mol. The number of carboxylic acid groups (broad SMARTS) is 1. The summed E-state index contributed by atoms with van der Waals surface area (Å²) in [6.45, 7) is 8.42. The van der Waals surface area contributed by atoms with Crippen LogP contribution in [0.3, 0.4) is 0 Å². The van der Waals surface area contributed by atoms with Crippen LogP contribution in [-0.2, 0) is 17.8 Å². The predicted octanol–water partition coefficient (Wildman–Crippen LogP) is 3.92. The van der Waals surface area contributed by atoms with Crippen molar-refractivity contribution >= 4 is 34.0 Å². The van der Waals surface area contributed by atoms with Gasteiger partial charge in [-0.3, -0.25) is 4.79 Å². The molecule has 2 aliphatic rings. The number of fused-ring (bicyclic) bond motifs is 2. The van der Waals surface area contributed by atoms with E-state index >= 15 is 0 Å². The van der Waals surface area contributed by atoms with Crippen LogP contribution in [0.2, 0.25) is 0 Å². The van der Waals surface area contributed by atoms with E-state index < -0.39 is 5.97 Å². The Morgan fingerprint density at radius 2 is 1.95 bits per heavy atom. The molecule has 188 valence electrons. The van der Waals surface area contributed by atoms with Crippen molar-refractivity contribution in [2.24, 2.45) is 0 Å². The number of aromatic carboxylic acids is 1. The molecule has 0 aliphatic carbocycles. The molecule has 1 amide bonds. The molecule has 37 heavy (non-hydrogen) atoms. The molecule has 0 spiro atoms. The zero-order chi connectivity index (χ0) is 26.1. The number of carboxylic acids is 1. The molecule has 1 fully saturated rings. The summed E-state index contributed by atoms with van der Waals surface area (Å²) >= 11 is 0. The molecule has 3 heterocycles. The normalized spacial score (nSPS) is 17.3. The van der Waals surface area contributed by atoms with Crippen LogP contribution in [0.1, 0.15) is 33.7 Å². The minimum Gasteiger partial charge on any atom is -0.477 e. The maximum absolute atomic E-state index is 12.3. The number of pyridine rings is 1. The van der Waals surface area contributed by atoms with Crippen LogP contribution in [0.25, 0.3) is 10.8 Å². The number of nitriles is 1. The first kappa shape index (κ1) is 24.3. The first-order chi connectivity index (χ1) is 17.9. The van der Waals surface area contributed by atoms with E-state index in [1.807, 2.05) is 0 Å². The topological polar surface area (TPSA) is 101 Å². The zero-order valence-corrected chi connectivity index (χ0v) is 20.9. The molecule has 8 heteroatoms. The van der Waals surface area contributed by atoms with Gasteiger partial charge in [0.25, 0.3) is 0 Å². The predicted molar refractivity (Wildman–Crippen MR) is 143 cm³/mol. The summed E-state index contributed by atoms with van der Waals surface area (Å²) in [5.74, 6) is -1.26. The number of rotatable bonds is 5. The monoisotopic (exact) mass is 495 g/mol. The van der Waals surface area contributed by atoms with E-state index in [-0.39, 0.29) is 24.1 Å². The van der Waals surface area contributed by atoms with Gasteiger partial charge in [-0.2, -0.15) is 5.26 Å². The fourth-order valence-electron chi connectivity index (χ4n) is 5.65. The Kier molecular flexibility index (Phi) is 6.53. The molecular formula is C29H29N5O3. The summed E-state index contributed by atoms with van der Waals surface area (Å²) in [6, 6.07) is 16.1. The van der Waals surface area contributed by atoms with Crippen LogP contribution >= 0.6 is 0 Å². The van der Waals surface area contributed by atoms with Gasteiger partial charge >= 0.3 is 5.97 Å². The highest BCUT2D eigenvalue weighted by molar-refractivity contribution is 5.97. The van der Waals surface area contributed by atoms with Gasteiger partial charge in [-0.25, -0.2) is 9.78 Å². The van der Waals surface area contributed by atoms with Gasteiger partial charge in [0, 0.05) is 48.5 Å². The average molecular weight is 496 g/mol. The Morgan fingerprint density at radius 3 is 2.68 bits per heavy atom. The third-order valence-electron chi connectivity index (χ3n) is 7.42. The Balaban J connectivity index is 1.51. The smallest absolute Gasteiger partial charge is 0.354 e. The van der Waals surface area contributed by atoms with Crippen molar-refractivity contribution in [3.8, 4) is 6.07 Å². The number of piperazine rings is 1. The van der Waals surface area contributed by atoms with Crippen molar-refractivity contribution < 1.29 is 14.7 Å². The maximum atomic E-state index is 12.3. The quantitative estimate of drug-likeness (QED) is 0.536. The number of benzene rings is 2. The molecule has 1 N–H and O–H groups in total. The molecule has 3 aromatic rings. The highest BCUT2D eigenvalue weighted by Gasteiger charge is 2.32. The van der Waals surface area contributed by atoms with Crippen LogP contribution in [0.15, 0.2) is 55.1 Å². The van der Waals surface area contributed by atoms with Gasteiger partial charge in [0.2, 0.25) is 5.91 Å².